The number of amides is 1. The van der Waals surface area contributed by atoms with E-state index < -0.39 is 0 Å². The van der Waals surface area contributed by atoms with E-state index >= 15 is 0 Å². The summed E-state index contributed by atoms with van der Waals surface area (Å²) in [5, 5.41) is 11.9. The largest absolute Gasteiger partial charge is 0.421 e. The zero-order valence-corrected chi connectivity index (χ0v) is 14.8. The Bertz CT molecular complexity index is 1090. The molecule has 1 amide bonds. The summed E-state index contributed by atoms with van der Waals surface area (Å²) in [5.41, 5.74) is 3.60. The molecule has 1 N–H and O–H groups in total. The van der Waals surface area contributed by atoms with Gasteiger partial charge in [0, 0.05) is 23.8 Å². The maximum Gasteiger partial charge on any atom is 0.247 e. The Labute approximate surface area is 156 Å². The van der Waals surface area contributed by atoms with Crippen molar-refractivity contribution in [3.05, 3.63) is 72.2 Å². The molecule has 0 spiro atoms. The first-order valence-corrected chi connectivity index (χ1v) is 8.71. The van der Waals surface area contributed by atoms with Crippen molar-refractivity contribution in [2.24, 2.45) is 0 Å². The number of para-hydroxylation sites is 1. The summed E-state index contributed by atoms with van der Waals surface area (Å²) in [7, 11) is 0. The fourth-order valence-electron chi connectivity index (χ4n) is 2.75. The number of nitrogens with zero attached hydrogens (tertiary/aromatic N) is 3. The van der Waals surface area contributed by atoms with Crippen LogP contribution in [0.2, 0.25) is 0 Å². The molecule has 0 fully saturated rings. The number of fused-ring (bicyclic) bond motifs is 1. The number of pyridine rings is 1. The molecule has 0 saturated heterocycles. The van der Waals surface area contributed by atoms with Gasteiger partial charge in [-0.1, -0.05) is 35.9 Å². The van der Waals surface area contributed by atoms with Crippen LogP contribution >= 0.6 is 0 Å². The van der Waals surface area contributed by atoms with Gasteiger partial charge in [-0.3, -0.25) is 9.78 Å². The van der Waals surface area contributed by atoms with Gasteiger partial charge in [-0.15, -0.1) is 10.2 Å². The standard InChI is InChI=1S/C21H18N4O2/c1-14-6-8-15(9-7-14)21-25-24-20(27-21)11-10-19(26)23-17-12-16-4-2-3-5-18(16)22-13-17/h2-9,12-13H,10-11H2,1H3,(H,23,26). The van der Waals surface area contributed by atoms with Crippen LogP contribution in [0.3, 0.4) is 0 Å². The Morgan fingerprint density at radius 3 is 2.74 bits per heavy atom. The summed E-state index contributed by atoms with van der Waals surface area (Å²) in [5.74, 6) is 0.781. The van der Waals surface area contributed by atoms with Gasteiger partial charge in [0.15, 0.2) is 0 Å². The first-order valence-electron chi connectivity index (χ1n) is 8.71. The van der Waals surface area contributed by atoms with E-state index in [0.717, 1.165) is 16.5 Å². The molecule has 0 bridgehead atoms. The zero-order chi connectivity index (χ0) is 18.6. The second-order valence-corrected chi connectivity index (χ2v) is 6.33. The van der Waals surface area contributed by atoms with Gasteiger partial charge in [-0.05, 0) is 31.2 Å². The van der Waals surface area contributed by atoms with Crippen molar-refractivity contribution >= 4 is 22.5 Å². The smallest absolute Gasteiger partial charge is 0.247 e. The summed E-state index contributed by atoms with van der Waals surface area (Å²) in [6, 6.07) is 17.5. The van der Waals surface area contributed by atoms with Crippen molar-refractivity contribution in [3.63, 3.8) is 0 Å². The van der Waals surface area contributed by atoms with Crippen LogP contribution in [0, 0.1) is 6.92 Å². The molecule has 27 heavy (non-hydrogen) atoms. The van der Waals surface area contributed by atoms with Gasteiger partial charge in [-0.25, -0.2) is 0 Å². The van der Waals surface area contributed by atoms with Crippen LogP contribution in [0.15, 0.2) is 65.2 Å². The van der Waals surface area contributed by atoms with Gasteiger partial charge in [0.1, 0.15) is 0 Å². The molecular formula is C21H18N4O2. The highest BCUT2D eigenvalue weighted by atomic mass is 16.4. The predicted molar refractivity (Wildman–Crippen MR) is 103 cm³/mol. The number of hydrogen-bond acceptors (Lipinski definition) is 5. The van der Waals surface area contributed by atoms with E-state index in [1.165, 1.54) is 5.56 Å². The minimum Gasteiger partial charge on any atom is -0.421 e. The average molecular weight is 358 g/mol. The van der Waals surface area contributed by atoms with Crippen molar-refractivity contribution < 1.29 is 9.21 Å². The Morgan fingerprint density at radius 2 is 1.89 bits per heavy atom. The second-order valence-electron chi connectivity index (χ2n) is 6.33. The molecule has 2 aromatic carbocycles. The molecule has 0 unspecified atom stereocenters. The highest BCUT2D eigenvalue weighted by Gasteiger charge is 2.11. The molecule has 0 radical (unpaired) electrons. The lowest BCUT2D eigenvalue weighted by Crippen LogP contribution is -2.12. The number of aromatic nitrogens is 3. The van der Waals surface area contributed by atoms with Crippen LogP contribution in [0.25, 0.3) is 22.4 Å². The van der Waals surface area contributed by atoms with Crippen LogP contribution < -0.4 is 5.32 Å². The third-order valence-corrected chi connectivity index (χ3v) is 4.21. The van der Waals surface area contributed by atoms with Crippen molar-refractivity contribution in [1.29, 1.82) is 0 Å². The highest BCUT2D eigenvalue weighted by molar-refractivity contribution is 5.93. The maximum atomic E-state index is 12.2. The SMILES string of the molecule is Cc1ccc(-c2nnc(CCC(=O)Nc3cnc4ccccc4c3)o2)cc1. The van der Waals surface area contributed by atoms with Gasteiger partial charge in [0.2, 0.25) is 17.7 Å². The number of rotatable bonds is 5. The Hall–Kier alpha value is -3.54. The number of carbonyl (C=O) groups excluding carboxylic acids is 1. The molecule has 0 aliphatic carbocycles. The first-order chi connectivity index (χ1) is 13.2. The van der Waals surface area contributed by atoms with Crippen LogP contribution in [-0.4, -0.2) is 21.1 Å². The van der Waals surface area contributed by atoms with Crippen LogP contribution in [-0.2, 0) is 11.2 Å². The lowest BCUT2D eigenvalue weighted by molar-refractivity contribution is -0.116. The number of anilines is 1. The fourth-order valence-corrected chi connectivity index (χ4v) is 2.75. The quantitative estimate of drug-likeness (QED) is 0.579. The van der Waals surface area contributed by atoms with Gasteiger partial charge in [0.25, 0.3) is 0 Å². The molecule has 4 aromatic rings. The lowest BCUT2D eigenvalue weighted by atomic mass is 10.1. The van der Waals surface area contributed by atoms with Crippen molar-refractivity contribution in [1.82, 2.24) is 15.2 Å². The van der Waals surface area contributed by atoms with Crippen molar-refractivity contribution in [2.45, 2.75) is 19.8 Å². The third-order valence-electron chi connectivity index (χ3n) is 4.21. The zero-order valence-electron chi connectivity index (χ0n) is 14.8. The van der Waals surface area contributed by atoms with E-state index in [-0.39, 0.29) is 12.3 Å². The van der Waals surface area contributed by atoms with Crippen molar-refractivity contribution in [3.8, 4) is 11.5 Å². The Balaban J connectivity index is 1.37. The summed E-state index contributed by atoms with van der Waals surface area (Å²) >= 11 is 0. The lowest BCUT2D eigenvalue weighted by Gasteiger charge is -2.05. The van der Waals surface area contributed by atoms with Gasteiger partial charge < -0.3 is 9.73 Å². The second kappa shape index (κ2) is 7.37. The maximum absolute atomic E-state index is 12.2. The summed E-state index contributed by atoms with van der Waals surface area (Å²) in [4.78, 5) is 16.5. The topological polar surface area (TPSA) is 80.9 Å². The molecule has 6 nitrogen and oxygen atoms in total. The van der Waals surface area contributed by atoms with Gasteiger partial charge in [0.05, 0.1) is 17.4 Å². The molecule has 0 atom stereocenters. The first kappa shape index (κ1) is 16.9. The summed E-state index contributed by atoms with van der Waals surface area (Å²) in [6.07, 6.45) is 2.29. The molecule has 6 heteroatoms. The molecule has 134 valence electrons. The normalized spacial score (nSPS) is 10.9. The molecule has 2 aromatic heterocycles. The van der Waals surface area contributed by atoms with Crippen LogP contribution in [0.1, 0.15) is 17.9 Å². The average Bonchev–Trinajstić information content (AvgIpc) is 3.16. The van der Waals surface area contributed by atoms with Gasteiger partial charge >= 0.3 is 0 Å². The number of aryl methyl sites for hydroxylation is 2. The van der Waals surface area contributed by atoms with E-state index in [9.17, 15) is 4.79 Å². The molecule has 2 heterocycles. The Morgan fingerprint density at radius 1 is 1.07 bits per heavy atom. The fraction of sp³-hybridized carbons (Fsp3) is 0.143. The number of carbonyl (C=O) groups is 1. The van der Waals surface area contributed by atoms with Gasteiger partial charge in [-0.2, -0.15) is 0 Å². The molecule has 0 saturated carbocycles. The molecule has 4 rings (SSSR count). The van der Waals surface area contributed by atoms with E-state index in [1.54, 1.807) is 6.20 Å². The molecular weight excluding hydrogens is 340 g/mol. The number of benzene rings is 2. The Kier molecular flexibility index (Phi) is 4.61. The monoisotopic (exact) mass is 358 g/mol. The predicted octanol–water partition coefficient (Wildman–Crippen LogP) is 4.16. The highest BCUT2D eigenvalue weighted by Crippen LogP contribution is 2.19. The van der Waals surface area contributed by atoms with E-state index in [1.807, 2.05) is 61.5 Å². The third kappa shape index (κ3) is 4.00. The number of hydrogen-bond donors (Lipinski definition) is 1. The van der Waals surface area contributed by atoms with E-state index in [2.05, 4.69) is 20.5 Å². The van der Waals surface area contributed by atoms with E-state index in [4.69, 9.17) is 4.42 Å². The molecule has 0 aliphatic heterocycles. The van der Waals surface area contributed by atoms with Crippen molar-refractivity contribution in [2.75, 3.05) is 5.32 Å². The number of nitrogens with one attached hydrogen (secondary N) is 1. The van der Waals surface area contributed by atoms with Crippen LogP contribution in [0.5, 0.6) is 0 Å². The minimum absolute atomic E-state index is 0.123. The minimum atomic E-state index is -0.123. The molecule has 0 aliphatic rings. The summed E-state index contributed by atoms with van der Waals surface area (Å²) in [6.45, 7) is 2.02. The van der Waals surface area contributed by atoms with E-state index in [0.29, 0.717) is 23.9 Å². The summed E-state index contributed by atoms with van der Waals surface area (Å²) < 4.78 is 5.65. The van der Waals surface area contributed by atoms with Crippen LogP contribution in [0.4, 0.5) is 5.69 Å².